The second-order valence-electron chi connectivity index (χ2n) is 6.98. The summed E-state index contributed by atoms with van der Waals surface area (Å²) in [6, 6.07) is 12.2. The number of likely N-dealkylation sites (N-methyl/N-ethyl adjacent to an activating group) is 1. The number of hydrogen-bond acceptors (Lipinski definition) is 4. The van der Waals surface area contributed by atoms with Crippen LogP contribution in [0.5, 0.6) is 0 Å². The summed E-state index contributed by atoms with van der Waals surface area (Å²) in [4.78, 5) is 28.9. The summed E-state index contributed by atoms with van der Waals surface area (Å²) in [5.74, 6) is -0.719. The van der Waals surface area contributed by atoms with Crippen LogP contribution in [0.15, 0.2) is 42.5 Å². The van der Waals surface area contributed by atoms with Gasteiger partial charge in [-0.15, -0.1) is 0 Å². The van der Waals surface area contributed by atoms with Crippen LogP contribution in [0, 0.1) is 0 Å². The molecule has 6 nitrogen and oxygen atoms in total. The predicted octanol–water partition coefficient (Wildman–Crippen LogP) is 2.49. The highest BCUT2D eigenvalue weighted by atomic mass is 35.5. The van der Waals surface area contributed by atoms with Gasteiger partial charge >= 0.3 is 5.97 Å². The van der Waals surface area contributed by atoms with Gasteiger partial charge in [-0.05, 0) is 44.2 Å². The molecular formula is C22H27ClN3O3+. The molecule has 2 aromatic rings. The summed E-state index contributed by atoms with van der Waals surface area (Å²) in [7, 11) is 0. The van der Waals surface area contributed by atoms with Crippen LogP contribution in [0.2, 0.25) is 5.02 Å². The molecule has 1 heterocycles. The second kappa shape index (κ2) is 9.76. The average molecular weight is 417 g/mol. The zero-order chi connectivity index (χ0) is 20.8. The molecule has 0 aromatic heterocycles. The number of nitrogens with zero attached hydrogens (tertiary/aromatic N) is 1. The molecule has 0 saturated carbocycles. The molecule has 1 aliphatic rings. The molecule has 0 radical (unpaired) electrons. The molecule has 1 saturated heterocycles. The third-order valence-electron chi connectivity index (χ3n) is 5.19. The monoisotopic (exact) mass is 416 g/mol. The van der Waals surface area contributed by atoms with Gasteiger partial charge in [-0.2, -0.15) is 0 Å². The normalized spacial score (nSPS) is 14.5. The predicted molar refractivity (Wildman–Crippen MR) is 115 cm³/mol. The van der Waals surface area contributed by atoms with Crippen LogP contribution >= 0.6 is 11.6 Å². The van der Waals surface area contributed by atoms with Crippen LogP contribution in [-0.2, 0) is 4.74 Å². The van der Waals surface area contributed by atoms with Gasteiger partial charge < -0.3 is 19.9 Å². The van der Waals surface area contributed by atoms with Crippen molar-refractivity contribution in [1.82, 2.24) is 0 Å². The lowest BCUT2D eigenvalue weighted by Crippen LogP contribution is -3.14. The number of piperazine rings is 1. The maximum Gasteiger partial charge on any atom is 0.338 e. The van der Waals surface area contributed by atoms with Crippen LogP contribution in [0.1, 0.15) is 34.6 Å². The van der Waals surface area contributed by atoms with Gasteiger partial charge in [0.15, 0.2) is 0 Å². The largest absolute Gasteiger partial charge is 0.462 e. The first-order chi connectivity index (χ1) is 14.0. The van der Waals surface area contributed by atoms with Gasteiger partial charge in [0.05, 0.1) is 66.9 Å². The van der Waals surface area contributed by atoms with Gasteiger partial charge in [-0.1, -0.05) is 23.7 Å². The lowest BCUT2D eigenvalue weighted by Gasteiger charge is -2.34. The molecule has 2 N–H and O–H groups in total. The van der Waals surface area contributed by atoms with E-state index < -0.39 is 5.97 Å². The molecule has 3 rings (SSSR count). The van der Waals surface area contributed by atoms with E-state index in [2.05, 4.69) is 17.1 Å². The van der Waals surface area contributed by atoms with Crippen LogP contribution in [-0.4, -0.2) is 51.2 Å². The summed E-state index contributed by atoms with van der Waals surface area (Å²) >= 11 is 6.18. The maximum atomic E-state index is 12.8. The van der Waals surface area contributed by atoms with Crippen molar-refractivity contribution >= 4 is 34.9 Å². The van der Waals surface area contributed by atoms with Crippen molar-refractivity contribution in [2.75, 3.05) is 49.5 Å². The Morgan fingerprint density at radius 2 is 1.86 bits per heavy atom. The number of esters is 1. The third-order valence-corrected chi connectivity index (χ3v) is 5.52. The van der Waals surface area contributed by atoms with Crippen molar-refractivity contribution in [3.8, 4) is 0 Å². The molecule has 154 valence electrons. The van der Waals surface area contributed by atoms with Crippen LogP contribution in [0.25, 0.3) is 0 Å². The van der Waals surface area contributed by atoms with Gasteiger partial charge in [-0.3, -0.25) is 4.79 Å². The smallest absolute Gasteiger partial charge is 0.338 e. The molecule has 0 spiro atoms. The third kappa shape index (κ3) is 5.08. The number of benzene rings is 2. The van der Waals surface area contributed by atoms with E-state index >= 15 is 0 Å². The molecule has 1 amide bonds. The van der Waals surface area contributed by atoms with E-state index in [1.165, 1.54) is 0 Å². The number of ether oxygens (including phenoxy) is 1. The Morgan fingerprint density at radius 3 is 2.52 bits per heavy atom. The number of halogens is 1. The number of rotatable bonds is 6. The standard InChI is InChI=1S/C22H26ClN3O3/c1-3-25-11-13-26(14-12-25)20-10-9-16(22(28)29-4-2)15-19(20)24-21(27)17-7-5-6-8-18(17)23/h5-10,15H,3-4,11-14H2,1-2H3,(H,24,27)/p+1. The Kier molecular flexibility index (Phi) is 7.12. The molecule has 0 atom stereocenters. The minimum atomic E-state index is -0.410. The van der Waals surface area contributed by atoms with E-state index in [4.69, 9.17) is 16.3 Å². The summed E-state index contributed by atoms with van der Waals surface area (Å²) in [5.41, 5.74) is 2.28. The van der Waals surface area contributed by atoms with Crippen molar-refractivity contribution in [3.05, 3.63) is 58.6 Å². The number of carbonyl (C=O) groups is 2. The van der Waals surface area contributed by atoms with Crippen LogP contribution in [0.4, 0.5) is 11.4 Å². The quantitative estimate of drug-likeness (QED) is 0.710. The molecule has 1 aliphatic heterocycles. The SMILES string of the molecule is CCOC(=O)c1ccc(N2CC[NH+](CC)CC2)c(NC(=O)c2ccccc2Cl)c1. The van der Waals surface area contributed by atoms with Gasteiger partial charge in [0, 0.05) is 0 Å². The van der Waals surface area contributed by atoms with Crippen molar-refractivity contribution < 1.29 is 19.2 Å². The molecule has 7 heteroatoms. The Labute approximate surface area is 176 Å². The molecule has 2 aromatic carbocycles. The topological polar surface area (TPSA) is 63.1 Å². The number of hydrogen-bond donors (Lipinski definition) is 2. The Balaban J connectivity index is 1.90. The first-order valence-corrected chi connectivity index (χ1v) is 10.4. The van der Waals surface area contributed by atoms with Gasteiger partial charge in [0.1, 0.15) is 0 Å². The molecule has 0 bridgehead atoms. The summed E-state index contributed by atoms with van der Waals surface area (Å²) in [5, 5.41) is 3.33. The Morgan fingerprint density at radius 1 is 1.14 bits per heavy atom. The minimum Gasteiger partial charge on any atom is -0.462 e. The first-order valence-electron chi connectivity index (χ1n) is 9.99. The average Bonchev–Trinajstić information content (AvgIpc) is 2.74. The van der Waals surface area contributed by atoms with Gasteiger partial charge in [0.25, 0.3) is 5.91 Å². The lowest BCUT2D eigenvalue weighted by molar-refractivity contribution is -0.898. The van der Waals surface area contributed by atoms with Crippen LogP contribution in [0.3, 0.4) is 0 Å². The van der Waals surface area contributed by atoms with Crippen molar-refractivity contribution in [3.63, 3.8) is 0 Å². The van der Waals surface area contributed by atoms with Crippen molar-refractivity contribution in [2.24, 2.45) is 0 Å². The van der Waals surface area contributed by atoms with Crippen LogP contribution < -0.4 is 15.1 Å². The number of amides is 1. The Bertz CT molecular complexity index is 879. The van der Waals surface area contributed by atoms with E-state index in [9.17, 15) is 9.59 Å². The zero-order valence-corrected chi connectivity index (χ0v) is 17.6. The second-order valence-corrected chi connectivity index (χ2v) is 7.38. The van der Waals surface area contributed by atoms with E-state index in [1.54, 1.807) is 48.2 Å². The number of quaternary nitrogens is 1. The van der Waals surface area contributed by atoms with Gasteiger partial charge in [-0.25, -0.2) is 4.79 Å². The highest BCUT2D eigenvalue weighted by Crippen LogP contribution is 2.29. The maximum absolute atomic E-state index is 12.8. The lowest BCUT2D eigenvalue weighted by atomic mass is 10.1. The molecule has 29 heavy (non-hydrogen) atoms. The zero-order valence-electron chi connectivity index (χ0n) is 16.8. The molecule has 0 aliphatic carbocycles. The van der Waals surface area contributed by atoms with E-state index in [0.717, 1.165) is 38.4 Å². The highest BCUT2D eigenvalue weighted by Gasteiger charge is 2.23. The first kappa shape index (κ1) is 21.1. The van der Waals surface area contributed by atoms with E-state index in [0.29, 0.717) is 28.4 Å². The minimum absolute atomic E-state index is 0.295. The number of carbonyl (C=O) groups excluding carboxylic acids is 2. The summed E-state index contributed by atoms with van der Waals surface area (Å²) < 4.78 is 5.12. The fourth-order valence-electron chi connectivity index (χ4n) is 3.51. The number of nitrogens with one attached hydrogen (secondary N) is 2. The molecule has 1 fully saturated rings. The van der Waals surface area contributed by atoms with Crippen molar-refractivity contribution in [2.45, 2.75) is 13.8 Å². The summed E-state index contributed by atoms with van der Waals surface area (Å²) in [6.45, 7) is 9.20. The van der Waals surface area contributed by atoms with E-state index in [1.807, 2.05) is 6.07 Å². The number of anilines is 2. The van der Waals surface area contributed by atoms with Crippen molar-refractivity contribution in [1.29, 1.82) is 0 Å². The molecule has 0 unspecified atom stereocenters. The fraction of sp³-hybridized carbons (Fsp3) is 0.364. The molecular weight excluding hydrogens is 390 g/mol. The fourth-order valence-corrected chi connectivity index (χ4v) is 3.73. The highest BCUT2D eigenvalue weighted by molar-refractivity contribution is 6.34. The van der Waals surface area contributed by atoms with E-state index in [-0.39, 0.29) is 5.91 Å². The van der Waals surface area contributed by atoms with Gasteiger partial charge in [0.2, 0.25) is 0 Å². The summed E-state index contributed by atoms with van der Waals surface area (Å²) in [6.07, 6.45) is 0. The Hall–Kier alpha value is -2.57.